The zero-order valence-corrected chi connectivity index (χ0v) is 11.7. The second kappa shape index (κ2) is 6.03. The molecule has 0 radical (unpaired) electrons. The molecule has 7 heteroatoms. The number of carbonyl (C=O) groups excluding carboxylic acids is 1. The smallest absolute Gasteiger partial charge is 0.338 e. The largest absolute Gasteiger partial charge is 0.481 e. The highest BCUT2D eigenvalue weighted by molar-refractivity contribution is 8.01. The Morgan fingerprint density at radius 3 is 2.95 bits per heavy atom. The number of esters is 1. The number of ether oxygens (including phenoxy) is 1. The summed E-state index contributed by atoms with van der Waals surface area (Å²) < 4.78 is 6.45. The molecule has 5 nitrogen and oxygen atoms in total. The summed E-state index contributed by atoms with van der Waals surface area (Å²) in [7, 11) is 0. The minimum Gasteiger partial charge on any atom is -0.481 e. The molecule has 100 valence electrons. The number of carboxylic acids is 1. The highest BCUT2D eigenvalue weighted by atomic mass is 32.2. The van der Waals surface area contributed by atoms with Crippen molar-refractivity contribution in [3.8, 4) is 0 Å². The molecule has 2 rings (SSSR count). The van der Waals surface area contributed by atoms with Crippen LogP contribution in [0.4, 0.5) is 0 Å². The van der Waals surface area contributed by atoms with Crippen LogP contribution >= 0.6 is 23.1 Å². The van der Waals surface area contributed by atoms with Crippen LogP contribution in [0.2, 0.25) is 0 Å². The molecule has 1 aromatic carbocycles. The van der Waals surface area contributed by atoms with Crippen LogP contribution in [0.25, 0.3) is 10.2 Å². The molecular formula is C12H11NO4S2. The normalized spacial score (nSPS) is 10.6. The first-order valence-electron chi connectivity index (χ1n) is 5.52. The van der Waals surface area contributed by atoms with E-state index in [2.05, 4.69) is 4.98 Å². The van der Waals surface area contributed by atoms with Gasteiger partial charge in [-0.3, -0.25) is 4.79 Å². The molecule has 1 heterocycles. The Balaban J connectivity index is 2.23. The maximum absolute atomic E-state index is 11.6. The predicted octanol–water partition coefficient (Wildman–Crippen LogP) is 2.65. The Morgan fingerprint density at radius 1 is 1.47 bits per heavy atom. The van der Waals surface area contributed by atoms with Crippen LogP contribution in [0.3, 0.4) is 0 Å². The zero-order chi connectivity index (χ0) is 13.8. The van der Waals surface area contributed by atoms with Gasteiger partial charge in [0, 0.05) is 0 Å². The van der Waals surface area contributed by atoms with Crippen LogP contribution < -0.4 is 0 Å². The highest BCUT2D eigenvalue weighted by Gasteiger charge is 2.11. The Hall–Kier alpha value is -1.60. The number of hydrogen-bond acceptors (Lipinski definition) is 6. The van der Waals surface area contributed by atoms with Gasteiger partial charge in [-0.2, -0.15) is 0 Å². The van der Waals surface area contributed by atoms with E-state index in [1.54, 1.807) is 25.1 Å². The van der Waals surface area contributed by atoms with Crippen molar-refractivity contribution < 1.29 is 19.4 Å². The van der Waals surface area contributed by atoms with Gasteiger partial charge in [0.25, 0.3) is 0 Å². The van der Waals surface area contributed by atoms with Crippen LogP contribution in [-0.4, -0.2) is 34.4 Å². The molecule has 19 heavy (non-hydrogen) atoms. The molecule has 0 unspecified atom stereocenters. The molecular weight excluding hydrogens is 286 g/mol. The average molecular weight is 297 g/mol. The maximum atomic E-state index is 11.6. The summed E-state index contributed by atoms with van der Waals surface area (Å²) in [6, 6.07) is 5.12. The summed E-state index contributed by atoms with van der Waals surface area (Å²) in [4.78, 5) is 26.4. The Bertz CT molecular complexity index is 623. The average Bonchev–Trinajstić information content (AvgIpc) is 2.78. The van der Waals surface area contributed by atoms with Crippen LogP contribution in [0.15, 0.2) is 22.5 Å². The van der Waals surface area contributed by atoms with E-state index in [1.807, 2.05) is 0 Å². The molecule has 0 bridgehead atoms. The molecule has 0 aliphatic carbocycles. The van der Waals surface area contributed by atoms with E-state index >= 15 is 0 Å². The first-order chi connectivity index (χ1) is 9.10. The molecule has 0 saturated carbocycles. The molecule has 2 aromatic rings. The van der Waals surface area contributed by atoms with E-state index < -0.39 is 5.97 Å². The zero-order valence-electron chi connectivity index (χ0n) is 10.1. The molecule has 0 saturated heterocycles. The number of fused-ring (bicyclic) bond motifs is 1. The second-order valence-corrected chi connectivity index (χ2v) is 5.82. The standard InChI is InChI=1S/C12H11NO4S2/c1-2-17-11(16)7-3-4-8-9(5-7)19-12(13-8)18-6-10(14)15/h3-5H,2,6H2,1H3,(H,14,15). The van der Waals surface area contributed by atoms with E-state index in [0.717, 1.165) is 10.2 Å². The van der Waals surface area contributed by atoms with Crippen molar-refractivity contribution in [1.82, 2.24) is 4.98 Å². The van der Waals surface area contributed by atoms with Crippen LogP contribution in [0.5, 0.6) is 0 Å². The van der Waals surface area contributed by atoms with Gasteiger partial charge in [0.15, 0.2) is 4.34 Å². The Labute approximate surface area is 117 Å². The predicted molar refractivity (Wildman–Crippen MR) is 73.9 cm³/mol. The third kappa shape index (κ3) is 3.45. The quantitative estimate of drug-likeness (QED) is 0.675. The summed E-state index contributed by atoms with van der Waals surface area (Å²) in [6.07, 6.45) is 0. The molecule has 0 fully saturated rings. The number of carbonyl (C=O) groups is 2. The van der Waals surface area contributed by atoms with Crippen molar-refractivity contribution in [2.45, 2.75) is 11.3 Å². The molecule has 1 N–H and O–H groups in total. The van der Waals surface area contributed by atoms with Gasteiger partial charge in [-0.25, -0.2) is 9.78 Å². The highest BCUT2D eigenvalue weighted by Crippen LogP contribution is 2.30. The molecule has 0 amide bonds. The van der Waals surface area contributed by atoms with Crippen LogP contribution in [0.1, 0.15) is 17.3 Å². The number of rotatable bonds is 5. The summed E-state index contributed by atoms with van der Waals surface area (Å²) in [5.41, 5.74) is 1.23. The number of thioether (sulfide) groups is 1. The number of thiazole rings is 1. The van der Waals surface area contributed by atoms with E-state index in [4.69, 9.17) is 9.84 Å². The van der Waals surface area contributed by atoms with Crippen molar-refractivity contribution >= 4 is 45.3 Å². The molecule has 0 spiro atoms. The van der Waals surface area contributed by atoms with E-state index in [1.165, 1.54) is 23.1 Å². The summed E-state index contributed by atoms with van der Waals surface area (Å²) in [6.45, 7) is 2.09. The first-order valence-corrected chi connectivity index (χ1v) is 7.32. The minimum atomic E-state index is -0.878. The van der Waals surface area contributed by atoms with Gasteiger partial charge in [-0.15, -0.1) is 11.3 Å². The van der Waals surface area contributed by atoms with Crippen molar-refractivity contribution in [1.29, 1.82) is 0 Å². The fourth-order valence-electron chi connectivity index (χ4n) is 1.43. The summed E-state index contributed by atoms with van der Waals surface area (Å²) in [5.74, 6) is -1.26. The van der Waals surface area contributed by atoms with Gasteiger partial charge in [-0.05, 0) is 25.1 Å². The van der Waals surface area contributed by atoms with Crippen molar-refractivity contribution in [3.05, 3.63) is 23.8 Å². The third-order valence-corrected chi connectivity index (χ3v) is 4.34. The monoisotopic (exact) mass is 297 g/mol. The lowest BCUT2D eigenvalue weighted by Gasteiger charge is -2.00. The third-order valence-electron chi connectivity index (χ3n) is 2.20. The number of hydrogen-bond donors (Lipinski definition) is 1. The number of aliphatic carboxylic acids is 1. The van der Waals surface area contributed by atoms with Gasteiger partial charge in [0.05, 0.1) is 28.1 Å². The van der Waals surface area contributed by atoms with Gasteiger partial charge in [0.2, 0.25) is 0 Å². The van der Waals surface area contributed by atoms with Gasteiger partial charge in [-0.1, -0.05) is 11.8 Å². The lowest BCUT2D eigenvalue weighted by molar-refractivity contribution is -0.133. The van der Waals surface area contributed by atoms with E-state index in [-0.39, 0.29) is 11.7 Å². The first kappa shape index (κ1) is 13.8. The molecule has 1 aromatic heterocycles. The Kier molecular flexibility index (Phi) is 4.39. The number of carboxylic acid groups (broad SMARTS) is 1. The molecule has 0 atom stereocenters. The summed E-state index contributed by atoms with van der Waals surface area (Å²) in [5, 5.41) is 8.62. The summed E-state index contributed by atoms with van der Waals surface area (Å²) >= 11 is 2.54. The van der Waals surface area contributed by atoms with Crippen molar-refractivity contribution in [2.24, 2.45) is 0 Å². The van der Waals surface area contributed by atoms with E-state index in [0.29, 0.717) is 16.5 Å². The topological polar surface area (TPSA) is 76.5 Å². The second-order valence-electron chi connectivity index (χ2n) is 3.57. The minimum absolute atomic E-state index is 0.0233. The van der Waals surface area contributed by atoms with Crippen molar-refractivity contribution in [3.63, 3.8) is 0 Å². The fraction of sp³-hybridized carbons (Fsp3) is 0.250. The molecule has 0 aliphatic rings. The number of nitrogens with zero attached hydrogens (tertiary/aromatic N) is 1. The van der Waals surface area contributed by atoms with Gasteiger partial charge >= 0.3 is 11.9 Å². The Morgan fingerprint density at radius 2 is 2.26 bits per heavy atom. The fourth-order valence-corrected chi connectivity index (χ4v) is 3.26. The maximum Gasteiger partial charge on any atom is 0.338 e. The van der Waals surface area contributed by atoms with Gasteiger partial charge in [0.1, 0.15) is 0 Å². The van der Waals surface area contributed by atoms with Gasteiger partial charge < -0.3 is 9.84 Å². The van der Waals surface area contributed by atoms with E-state index in [9.17, 15) is 9.59 Å². The SMILES string of the molecule is CCOC(=O)c1ccc2nc(SCC(=O)O)sc2c1. The molecule has 0 aliphatic heterocycles. The van der Waals surface area contributed by atoms with Crippen molar-refractivity contribution in [2.75, 3.05) is 12.4 Å². The number of benzene rings is 1. The van der Waals surface area contributed by atoms with Crippen LogP contribution in [-0.2, 0) is 9.53 Å². The number of aromatic nitrogens is 1. The lowest BCUT2D eigenvalue weighted by Crippen LogP contribution is -2.03. The van der Waals surface area contributed by atoms with Crippen LogP contribution in [0, 0.1) is 0 Å². The lowest BCUT2D eigenvalue weighted by atomic mass is 10.2.